The van der Waals surface area contributed by atoms with Crippen LogP contribution in [0, 0.1) is 0 Å². The van der Waals surface area contributed by atoms with Gasteiger partial charge in [-0.3, -0.25) is 0 Å². The highest BCUT2D eigenvalue weighted by Gasteiger charge is 2.10. The van der Waals surface area contributed by atoms with Gasteiger partial charge in [-0.05, 0) is 32.0 Å². The zero-order valence-electron chi connectivity index (χ0n) is 9.84. The van der Waals surface area contributed by atoms with Crippen molar-refractivity contribution in [1.29, 1.82) is 0 Å². The van der Waals surface area contributed by atoms with Crippen LogP contribution in [-0.2, 0) is 0 Å². The van der Waals surface area contributed by atoms with E-state index in [0.29, 0.717) is 24.9 Å². The molecule has 0 unspecified atom stereocenters. The van der Waals surface area contributed by atoms with Gasteiger partial charge in [-0.15, -0.1) is 0 Å². The molecule has 0 radical (unpaired) electrons. The number of ether oxygens (including phenoxy) is 2. The van der Waals surface area contributed by atoms with Gasteiger partial charge in [-0.25, -0.2) is 0 Å². The summed E-state index contributed by atoms with van der Waals surface area (Å²) in [5.41, 5.74) is 0.814. The second kappa shape index (κ2) is 5.34. The normalized spacial score (nSPS) is 10.2. The quantitative estimate of drug-likeness (QED) is 0.795. The Balaban J connectivity index is 2.34. The first-order chi connectivity index (χ1) is 8.35. The van der Waals surface area contributed by atoms with Gasteiger partial charge in [0.15, 0.2) is 17.8 Å². The third-order valence-electron chi connectivity index (χ3n) is 2.15. The number of benzene rings is 1. The van der Waals surface area contributed by atoms with Gasteiger partial charge in [-0.2, -0.15) is 4.98 Å². The van der Waals surface area contributed by atoms with E-state index in [9.17, 15) is 0 Å². The standard InChI is InChI=1S/C12H14N2O3/c1-3-15-10-6-5-9(7-11(10)16-4-2)12-13-8-14-17-12/h5-8H,3-4H2,1-2H3. The van der Waals surface area contributed by atoms with Crippen molar-refractivity contribution in [2.24, 2.45) is 0 Å². The summed E-state index contributed by atoms with van der Waals surface area (Å²) in [6.45, 7) is 5.03. The lowest BCUT2D eigenvalue weighted by molar-refractivity contribution is 0.288. The minimum Gasteiger partial charge on any atom is -0.490 e. The molecule has 90 valence electrons. The Hall–Kier alpha value is -2.04. The van der Waals surface area contributed by atoms with Crippen molar-refractivity contribution < 1.29 is 14.0 Å². The molecule has 0 aliphatic heterocycles. The predicted molar refractivity (Wildman–Crippen MR) is 62.1 cm³/mol. The molecule has 5 heteroatoms. The highest BCUT2D eigenvalue weighted by molar-refractivity contribution is 5.59. The third-order valence-corrected chi connectivity index (χ3v) is 2.15. The maximum atomic E-state index is 5.51. The van der Waals surface area contributed by atoms with Gasteiger partial charge in [0.1, 0.15) is 0 Å². The SMILES string of the molecule is CCOc1ccc(-c2ncno2)cc1OCC. The number of aromatic nitrogens is 2. The maximum Gasteiger partial charge on any atom is 0.257 e. The summed E-state index contributed by atoms with van der Waals surface area (Å²) in [6, 6.07) is 5.54. The lowest BCUT2D eigenvalue weighted by Crippen LogP contribution is -1.98. The fourth-order valence-electron chi connectivity index (χ4n) is 1.48. The van der Waals surface area contributed by atoms with Crippen LogP contribution < -0.4 is 9.47 Å². The van der Waals surface area contributed by atoms with Crippen LogP contribution in [0.2, 0.25) is 0 Å². The molecule has 17 heavy (non-hydrogen) atoms. The van der Waals surface area contributed by atoms with Gasteiger partial charge in [-0.1, -0.05) is 5.16 Å². The Morgan fingerprint density at radius 1 is 1.12 bits per heavy atom. The third kappa shape index (κ3) is 2.55. The summed E-state index contributed by atoms with van der Waals surface area (Å²) in [6.07, 6.45) is 1.37. The highest BCUT2D eigenvalue weighted by Crippen LogP contribution is 2.31. The van der Waals surface area contributed by atoms with E-state index in [4.69, 9.17) is 14.0 Å². The number of nitrogens with zero attached hydrogens (tertiary/aromatic N) is 2. The molecule has 0 spiro atoms. The van der Waals surface area contributed by atoms with Crippen molar-refractivity contribution in [2.45, 2.75) is 13.8 Å². The first kappa shape index (κ1) is 11.4. The topological polar surface area (TPSA) is 57.4 Å². The molecule has 0 fully saturated rings. The average molecular weight is 234 g/mol. The zero-order valence-corrected chi connectivity index (χ0v) is 9.84. The molecule has 1 aromatic carbocycles. The van der Waals surface area contributed by atoms with Crippen molar-refractivity contribution in [3.8, 4) is 23.0 Å². The first-order valence-corrected chi connectivity index (χ1v) is 5.51. The first-order valence-electron chi connectivity index (χ1n) is 5.51. The molecule has 0 aliphatic carbocycles. The molecule has 0 bridgehead atoms. The second-order valence-corrected chi connectivity index (χ2v) is 3.27. The Labute approximate surface area is 99.4 Å². The molecule has 1 aromatic heterocycles. The molecule has 1 heterocycles. The largest absolute Gasteiger partial charge is 0.490 e. The Morgan fingerprint density at radius 2 is 1.88 bits per heavy atom. The van der Waals surface area contributed by atoms with Crippen LogP contribution in [0.25, 0.3) is 11.5 Å². The van der Waals surface area contributed by atoms with E-state index in [1.807, 2.05) is 32.0 Å². The molecule has 0 aliphatic rings. The van der Waals surface area contributed by atoms with E-state index in [2.05, 4.69) is 10.1 Å². The summed E-state index contributed by atoms with van der Waals surface area (Å²) >= 11 is 0. The molecule has 0 amide bonds. The van der Waals surface area contributed by atoms with Crippen LogP contribution >= 0.6 is 0 Å². The summed E-state index contributed by atoms with van der Waals surface area (Å²) in [5.74, 6) is 1.87. The molecular weight excluding hydrogens is 220 g/mol. The Bertz CT molecular complexity index is 469. The van der Waals surface area contributed by atoms with Gasteiger partial charge >= 0.3 is 0 Å². The molecule has 5 nitrogen and oxygen atoms in total. The van der Waals surface area contributed by atoms with Crippen LogP contribution in [0.5, 0.6) is 11.5 Å². The van der Waals surface area contributed by atoms with Crippen molar-refractivity contribution in [2.75, 3.05) is 13.2 Å². The number of hydrogen-bond acceptors (Lipinski definition) is 5. The van der Waals surface area contributed by atoms with Crippen LogP contribution in [0.15, 0.2) is 29.0 Å². The smallest absolute Gasteiger partial charge is 0.257 e. The highest BCUT2D eigenvalue weighted by atomic mass is 16.5. The van der Waals surface area contributed by atoms with Crippen molar-refractivity contribution in [1.82, 2.24) is 10.1 Å². The zero-order chi connectivity index (χ0) is 12.1. The fraction of sp³-hybridized carbons (Fsp3) is 0.333. The molecule has 2 aromatic rings. The van der Waals surface area contributed by atoms with Crippen LogP contribution in [0.4, 0.5) is 0 Å². The summed E-state index contributed by atoms with van der Waals surface area (Å²) in [7, 11) is 0. The minimum absolute atomic E-state index is 0.467. The molecule has 0 atom stereocenters. The van der Waals surface area contributed by atoms with Gasteiger partial charge in [0.2, 0.25) is 0 Å². The Kier molecular flexibility index (Phi) is 3.59. The fourth-order valence-corrected chi connectivity index (χ4v) is 1.48. The number of rotatable bonds is 5. The van der Waals surface area contributed by atoms with Crippen LogP contribution in [-0.4, -0.2) is 23.4 Å². The van der Waals surface area contributed by atoms with E-state index >= 15 is 0 Å². The van der Waals surface area contributed by atoms with E-state index in [-0.39, 0.29) is 0 Å². The lowest BCUT2D eigenvalue weighted by Gasteiger charge is -2.11. The molecule has 0 saturated carbocycles. The van der Waals surface area contributed by atoms with E-state index < -0.39 is 0 Å². The Morgan fingerprint density at radius 3 is 2.53 bits per heavy atom. The van der Waals surface area contributed by atoms with Crippen molar-refractivity contribution in [3.05, 3.63) is 24.5 Å². The van der Waals surface area contributed by atoms with E-state index in [1.54, 1.807) is 0 Å². The minimum atomic E-state index is 0.467. The monoisotopic (exact) mass is 234 g/mol. The summed E-state index contributed by atoms with van der Waals surface area (Å²) in [5, 5.41) is 3.57. The van der Waals surface area contributed by atoms with Crippen LogP contribution in [0.1, 0.15) is 13.8 Å². The van der Waals surface area contributed by atoms with Crippen molar-refractivity contribution >= 4 is 0 Å². The summed E-state index contributed by atoms with van der Waals surface area (Å²) in [4.78, 5) is 3.99. The molecule has 0 N–H and O–H groups in total. The average Bonchev–Trinajstić information content (AvgIpc) is 2.85. The molecule has 2 rings (SSSR count). The van der Waals surface area contributed by atoms with Gasteiger partial charge in [0.25, 0.3) is 5.89 Å². The predicted octanol–water partition coefficient (Wildman–Crippen LogP) is 2.53. The second-order valence-electron chi connectivity index (χ2n) is 3.27. The van der Waals surface area contributed by atoms with Gasteiger partial charge < -0.3 is 14.0 Å². The van der Waals surface area contributed by atoms with E-state index in [1.165, 1.54) is 6.33 Å². The van der Waals surface area contributed by atoms with Crippen molar-refractivity contribution in [3.63, 3.8) is 0 Å². The van der Waals surface area contributed by atoms with Gasteiger partial charge in [0, 0.05) is 5.56 Å². The molecular formula is C12H14N2O3. The van der Waals surface area contributed by atoms with Gasteiger partial charge in [0.05, 0.1) is 13.2 Å². The maximum absolute atomic E-state index is 5.51. The van der Waals surface area contributed by atoms with E-state index in [0.717, 1.165) is 11.3 Å². The van der Waals surface area contributed by atoms with Crippen LogP contribution in [0.3, 0.4) is 0 Å². The number of hydrogen-bond donors (Lipinski definition) is 0. The summed E-state index contributed by atoms with van der Waals surface area (Å²) < 4.78 is 16.0. The molecule has 0 saturated heterocycles. The lowest BCUT2D eigenvalue weighted by atomic mass is 10.2.